The van der Waals surface area contributed by atoms with Gasteiger partial charge in [-0.05, 0) is 30.7 Å². The van der Waals surface area contributed by atoms with E-state index >= 15 is 0 Å². The molecule has 4 nitrogen and oxygen atoms in total. The van der Waals surface area contributed by atoms with E-state index in [1.807, 2.05) is 6.92 Å². The molecule has 5 heteroatoms. The summed E-state index contributed by atoms with van der Waals surface area (Å²) in [6.45, 7) is 1.91. The molecule has 0 spiro atoms. The lowest BCUT2D eigenvalue weighted by molar-refractivity contribution is 0.0991. The number of hydrogen-bond acceptors (Lipinski definition) is 4. The molecule has 1 atom stereocenters. The Labute approximate surface area is 118 Å². The minimum absolute atomic E-state index is 0.0436. The van der Waals surface area contributed by atoms with Crippen molar-refractivity contribution in [2.45, 2.75) is 18.2 Å². The monoisotopic (exact) mass is 321 g/mol. The van der Waals surface area contributed by atoms with Crippen molar-refractivity contribution in [3.63, 3.8) is 0 Å². The van der Waals surface area contributed by atoms with Gasteiger partial charge in [0.05, 0.1) is 4.83 Å². The molecule has 0 amide bonds. The first-order valence-corrected chi connectivity index (χ1v) is 6.76. The predicted octanol–water partition coefficient (Wildman–Crippen LogP) is 3.11. The van der Waals surface area contributed by atoms with Gasteiger partial charge in [0.25, 0.3) is 0 Å². The van der Waals surface area contributed by atoms with Crippen LogP contribution in [0.15, 0.2) is 24.3 Å². The van der Waals surface area contributed by atoms with Gasteiger partial charge >= 0.3 is 0 Å². The largest absolute Gasteiger partial charge is 0.506 e. The van der Waals surface area contributed by atoms with Crippen molar-refractivity contribution in [1.82, 2.24) is 4.98 Å². The first-order valence-electron chi connectivity index (χ1n) is 5.84. The highest BCUT2D eigenvalue weighted by atomic mass is 79.9. The number of carbonyl (C=O) groups is 2. The summed E-state index contributed by atoms with van der Waals surface area (Å²) in [5.41, 5.74) is 0.978. The smallest absolute Gasteiger partial charge is 0.177 e. The van der Waals surface area contributed by atoms with Gasteiger partial charge in [0.1, 0.15) is 17.0 Å². The number of Topliss-reactive ketones (excluding diaryl/α,β-unsaturated/α-hetero) is 1. The zero-order valence-corrected chi connectivity index (χ0v) is 11.8. The van der Waals surface area contributed by atoms with Crippen molar-refractivity contribution in [3.8, 4) is 5.75 Å². The van der Waals surface area contributed by atoms with Crippen LogP contribution in [-0.2, 0) is 0 Å². The normalized spacial score (nSPS) is 12.3. The molecule has 1 N–H and O–H groups in total. The molecule has 1 aromatic carbocycles. The zero-order valence-electron chi connectivity index (χ0n) is 10.3. The van der Waals surface area contributed by atoms with Crippen molar-refractivity contribution >= 4 is 38.9 Å². The fraction of sp³-hybridized carbons (Fsp3) is 0.214. The maximum absolute atomic E-state index is 12.2. The van der Waals surface area contributed by atoms with Crippen molar-refractivity contribution in [2.75, 3.05) is 0 Å². The summed E-state index contributed by atoms with van der Waals surface area (Å²) < 4.78 is 0. The quantitative estimate of drug-likeness (QED) is 0.533. The van der Waals surface area contributed by atoms with Gasteiger partial charge in [-0.25, -0.2) is 4.98 Å². The maximum atomic E-state index is 12.2. The predicted molar refractivity (Wildman–Crippen MR) is 76.1 cm³/mol. The number of ketones is 1. The third-order valence-electron chi connectivity index (χ3n) is 2.89. The van der Waals surface area contributed by atoms with E-state index in [-0.39, 0.29) is 27.6 Å². The molecule has 0 bridgehead atoms. The molecule has 1 unspecified atom stereocenters. The van der Waals surface area contributed by atoms with Crippen molar-refractivity contribution in [1.29, 1.82) is 0 Å². The lowest BCUT2D eigenvalue weighted by Gasteiger charge is -2.10. The zero-order chi connectivity index (χ0) is 14.0. The molecular formula is C14H12BrNO3. The molecule has 1 aromatic heterocycles. The molecule has 19 heavy (non-hydrogen) atoms. The van der Waals surface area contributed by atoms with Crippen LogP contribution in [0.2, 0.25) is 0 Å². The van der Waals surface area contributed by atoms with Crippen LogP contribution in [0.1, 0.15) is 34.2 Å². The molecule has 0 fully saturated rings. The van der Waals surface area contributed by atoms with Crippen LogP contribution in [-0.4, -0.2) is 27.0 Å². The summed E-state index contributed by atoms with van der Waals surface area (Å²) in [5, 5.41) is 10.3. The fourth-order valence-corrected chi connectivity index (χ4v) is 2.10. The molecule has 0 radical (unpaired) electrons. The van der Waals surface area contributed by atoms with Crippen LogP contribution >= 0.6 is 15.9 Å². The van der Waals surface area contributed by atoms with Crippen molar-refractivity contribution in [3.05, 3.63) is 35.5 Å². The number of aromatic hydroxyl groups is 1. The lowest BCUT2D eigenvalue weighted by atomic mass is 10.0. The van der Waals surface area contributed by atoms with Crippen LogP contribution in [0.3, 0.4) is 0 Å². The average Bonchev–Trinajstić information content (AvgIpc) is 2.46. The number of aromatic nitrogens is 1. The number of halogens is 1. The molecular weight excluding hydrogens is 310 g/mol. The number of fused-ring (bicyclic) bond motifs is 1. The van der Waals surface area contributed by atoms with Gasteiger partial charge in [-0.1, -0.05) is 22.9 Å². The number of phenolic OH excluding ortho intramolecular Hbond substituents is 1. The number of hydrogen-bond donors (Lipinski definition) is 1. The van der Waals surface area contributed by atoms with E-state index in [1.165, 1.54) is 12.1 Å². The van der Waals surface area contributed by atoms with E-state index < -0.39 is 0 Å². The standard InChI is InChI=1S/C14H12BrNO3/c1-2-11(15)14(19)10-5-6-12(18)13-9(10)4-3-8(7-17)16-13/h3-7,11,18H,2H2,1H3. The maximum Gasteiger partial charge on any atom is 0.177 e. The molecule has 98 valence electrons. The van der Waals surface area contributed by atoms with Gasteiger partial charge in [-0.3, -0.25) is 9.59 Å². The molecule has 0 aliphatic carbocycles. The summed E-state index contributed by atoms with van der Waals surface area (Å²) in [5.74, 6) is -0.106. The minimum Gasteiger partial charge on any atom is -0.506 e. The number of aldehydes is 1. The Morgan fingerprint density at radius 1 is 1.42 bits per heavy atom. The summed E-state index contributed by atoms with van der Waals surface area (Å²) >= 11 is 3.32. The molecule has 0 saturated heterocycles. The van der Waals surface area contributed by atoms with Crippen molar-refractivity contribution < 1.29 is 14.7 Å². The fourth-order valence-electron chi connectivity index (χ4n) is 1.85. The Kier molecular flexibility index (Phi) is 3.95. The Hall–Kier alpha value is -1.75. The van der Waals surface area contributed by atoms with Crippen molar-refractivity contribution in [2.24, 2.45) is 0 Å². The number of rotatable bonds is 4. The Morgan fingerprint density at radius 3 is 2.79 bits per heavy atom. The SMILES string of the molecule is CCC(Br)C(=O)c1ccc(O)c2nc(C=O)ccc12. The Morgan fingerprint density at radius 2 is 2.16 bits per heavy atom. The molecule has 1 heterocycles. The highest BCUT2D eigenvalue weighted by Crippen LogP contribution is 2.28. The van der Waals surface area contributed by atoms with Gasteiger partial charge < -0.3 is 5.11 Å². The van der Waals surface area contributed by atoms with E-state index in [0.29, 0.717) is 23.7 Å². The van der Waals surface area contributed by atoms with E-state index in [2.05, 4.69) is 20.9 Å². The van der Waals surface area contributed by atoms with Crippen LogP contribution < -0.4 is 0 Å². The van der Waals surface area contributed by atoms with E-state index in [1.54, 1.807) is 12.1 Å². The summed E-state index contributed by atoms with van der Waals surface area (Å²) in [6, 6.07) is 6.16. The molecule has 2 rings (SSSR count). The second-order valence-corrected chi connectivity index (χ2v) is 5.23. The molecule has 2 aromatic rings. The lowest BCUT2D eigenvalue weighted by Crippen LogP contribution is -2.13. The van der Waals surface area contributed by atoms with E-state index in [0.717, 1.165) is 0 Å². The third-order valence-corrected chi connectivity index (χ3v) is 3.95. The van der Waals surface area contributed by atoms with Gasteiger partial charge in [-0.2, -0.15) is 0 Å². The molecule has 0 aliphatic heterocycles. The molecule has 0 aliphatic rings. The van der Waals surface area contributed by atoms with Crippen LogP contribution in [0.25, 0.3) is 10.9 Å². The highest BCUT2D eigenvalue weighted by molar-refractivity contribution is 9.10. The first kappa shape index (κ1) is 13.7. The second-order valence-electron chi connectivity index (χ2n) is 4.12. The van der Waals surface area contributed by atoms with Crippen LogP contribution in [0.5, 0.6) is 5.75 Å². The topological polar surface area (TPSA) is 67.3 Å². The second kappa shape index (κ2) is 5.48. The van der Waals surface area contributed by atoms with Crippen LogP contribution in [0, 0.1) is 0 Å². The number of nitrogens with zero attached hydrogens (tertiary/aromatic N) is 1. The Balaban J connectivity index is 2.67. The molecule has 0 saturated carbocycles. The highest BCUT2D eigenvalue weighted by Gasteiger charge is 2.19. The van der Waals surface area contributed by atoms with Gasteiger partial charge in [0.2, 0.25) is 0 Å². The summed E-state index contributed by atoms with van der Waals surface area (Å²) in [6.07, 6.45) is 1.27. The average molecular weight is 322 g/mol. The van der Waals surface area contributed by atoms with Crippen LogP contribution in [0.4, 0.5) is 0 Å². The number of phenols is 1. The number of carbonyl (C=O) groups excluding carboxylic acids is 2. The summed E-state index contributed by atoms with van der Waals surface area (Å²) in [7, 11) is 0. The van der Waals surface area contributed by atoms with E-state index in [9.17, 15) is 14.7 Å². The van der Waals surface area contributed by atoms with E-state index in [4.69, 9.17) is 0 Å². The summed E-state index contributed by atoms with van der Waals surface area (Å²) in [4.78, 5) is 26.7. The number of pyridine rings is 1. The first-order chi connectivity index (χ1) is 9.08. The minimum atomic E-state index is -0.272. The van der Waals surface area contributed by atoms with Gasteiger partial charge in [-0.15, -0.1) is 0 Å². The third kappa shape index (κ3) is 2.51. The van der Waals surface area contributed by atoms with Gasteiger partial charge in [0, 0.05) is 10.9 Å². The van der Waals surface area contributed by atoms with Gasteiger partial charge in [0.15, 0.2) is 12.1 Å². The Bertz CT molecular complexity index is 654. The number of alkyl halides is 1. The number of benzene rings is 1.